The number of anilines is 1. The molecule has 2 N–H and O–H groups in total. The summed E-state index contributed by atoms with van der Waals surface area (Å²) in [5.74, 6) is 0.556. The van der Waals surface area contributed by atoms with E-state index in [2.05, 4.69) is 25.1 Å². The lowest BCUT2D eigenvalue weighted by Gasteiger charge is -2.06. The van der Waals surface area contributed by atoms with Crippen molar-refractivity contribution in [2.45, 2.75) is 17.6 Å². The fourth-order valence-corrected chi connectivity index (χ4v) is 2.53. The Morgan fingerprint density at radius 1 is 1.18 bits per heavy atom. The lowest BCUT2D eigenvalue weighted by Crippen LogP contribution is -1.90. The smallest absolute Gasteiger partial charge is 0.124 e. The Bertz CT molecular complexity index is 525. The molecule has 0 saturated heterocycles. The molecular formula is C14H14FNS. The van der Waals surface area contributed by atoms with Crippen LogP contribution in [0.3, 0.4) is 0 Å². The third kappa shape index (κ3) is 3.24. The van der Waals surface area contributed by atoms with Crippen molar-refractivity contribution < 1.29 is 4.39 Å². The van der Waals surface area contributed by atoms with Gasteiger partial charge in [0.1, 0.15) is 5.82 Å². The normalized spacial score (nSPS) is 10.5. The van der Waals surface area contributed by atoms with Crippen molar-refractivity contribution >= 4 is 17.4 Å². The van der Waals surface area contributed by atoms with Crippen LogP contribution in [0.1, 0.15) is 11.1 Å². The van der Waals surface area contributed by atoms with Crippen LogP contribution in [0, 0.1) is 12.7 Å². The first-order chi connectivity index (χ1) is 8.15. The highest BCUT2D eigenvalue weighted by Crippen LogP contribution is 2.28. The molecule has 0 aliphatic heterocycles. The standard InChI is InChI=1S/C14H14FNS/c1-10-3-2-4-11(7-10)9-17-14-8-12(15)5-6-13(14)16/h2-8H,9,16H2,1H3. The second kappa shape index (κ2) is 5.23. The molecule has 88 valence electrons. The fourth-order valence-electron chi connectivity index (χ4n) is 1.60. The highest BCUT2D eigenvalue weighted by molar-refractivity contribution is 7.98. The number of aryl methyl sites for hydroxylation is 1. The lowest BCUT2D eigenvalue weighted by atomic mass is 10.2. The first-order valence-corrected chi connectivity index (χ1v) is 6.37. The van der Waals surface area contributed by atoms with Crippen LogP contribution in [0.5, 0.6) is 0 Å². The number of benzene rings is 2. The van der Waals surface area contributed by atoms with Gasteiger partial charge in [-0.3, -0.25) is 0 Å². The van der Waals surface area contributed by atoms with Crippen molar-refractivity contribution in [3.63, 3.8) is 0 Å². The lowest BCUT2D eigenvalue weighted by molar-refractivity contribution is 0.624. The van der Waals surface area contributed by atoms with Crippen LogP contribution < -0.4 is 5.73 Å². The van der Waals surface area contributed by atoms with Crippen molar-refractivity contribution in [3.05, 3.63) is 59.4 Å². The summed E-state index contributed by atoms with van der Waals surface area (Å²) in [6.45, 7) is 2.06. The van der Waals surface area contributed by atoms with E-state index < -0.39 is 0 Å². The summed E-state index contributed by atoms with van der Waals surface area (Å²) in [4.78, 5) is 0.798. The average Bonchev–Trinajstić information content (AvgIpc) is 2.30. The van der Waals surface area contributed by atoms with E-state index in [0.29, 0.717) is 5.69 Å². The summed E-state index contributed by atoms with van der Waals surface area (Å²) in [5, 5.41) is 0. The van der Waals surface area contributed by atoms with Gasteiger partial charge in [-0.05, 0) is 30.7 Å². The highest BCUT2D eigenvalue weighted by atomic mass is 32.2. The monoisotopic (exact) mass is 247 g/mol. The molecule has 0 spiro atoms. The summed E-state index contributed by atoms with van der Waals surface area (Å²) in [7, 11) is 0. The molecule has 1 nitrogen and oxygen atoms in total. The van der Waals surface area contributed by atoms with E-state index in [-0.39, 0.29) is 5.82 Å². The molecule has 2 aromatic carbocycles. The SMILES string of the molecule is Cc1cccc(CSc2cc(F)ccc2N)c1. The maximum Gasteiger partial charge on any atom is 0.124 e. The molecule has 2 aromatic rings. The van der Waals surface area contributed by atoms with E-state index in [9.17, 15) is 4.39 Å². The summed E-state index contributed by atoms with van der Waals surface area (Å²) in [6.07, 6.45) is 0. The maximum absolute atomic E-state index is 13.1. The first-order valence-electron chi connectivity index (χ1n) is 5.38. The quantitative estimate of drug-likeness (QED) is 0.655. The molecule has 0 aliphatic carbocycles. The van der Waals surface area contributed by atoms with Gasteiger partial charge >= 0.3 is 0 Å². The van der Waals surface area contributed by atoms with Crippen molar-refractivity contribution in [2.75, 3.05) is 5.73 Å². The van der Waals surface area contributed by atoms with Crippen LogP contribution in [-0.4, -0.2) is 0 Å². The van der Waals surface area contributed by atoms with E-state index >= 15 is 0 Å². The summed E-state index contributed by atoms with van der Waals surface area (Å²) < 4.78 is 13.1. The predicted molar refractivity (Wildman–Crippen MR) is 71.6 cm³/mol. The summed E-state index contributed by atoms with van der Waals surface area (Å²) >= 11 is 1.56. The number of hydrogen-bond donors (Lipinski definition) is 1. The molecular weight excluding hydrogens is 233 g/mol. The minimum absolute atomic E-state index is 0.244. The zero-order valence-corrected chi connectivity index (χ0v) is 10.4. The third-order valence-electron chi connectivity index (χ3n) is 2.45. The Morgan fingerprint density at radius 3 is 2.76 bits per heavy atom. The molecule has 0 amide bonds. The number of nitrogen functional groups attached to an aromatic ring is 1. The van der Waals surface area contributed by atoms with Crippen LogP contribution in [0.25, 0.3) is 0 Å². The van der Waals surface area contributed by atoms with Gasteiger partial charge in [-0.25, -0.2) is 4.39 Å². The van der Waals surface area contributed by atoms with Gasteiger partial charge in [0.15, 0.2) is 0 Å². The van der Waals surface area contributed by atoms with Gasteiger partial charge in [-0.1, -0.05) is 29.8 Å². The number of halogens is 1. The van der Waals surface area contributed by atoms with Crippen LogP contribution in [0.15, 0.2) is 47.4 Å². The molecule has 0 unspecified atom stereocenters. The summed E-state index contributed by atoms with van der Waals surface area (Å²) in [6, 6.07) is 12.7. The largest absolute Gasteiger partial charge is 0.398 e. The number of hydrogen-bond acceptors (Lipinski definition) is 2. The van der Waals surface area contributed by atoms with Gasteiger partial charge in [0.2, 0.25) is 0 Å². The minimum atomic E-state index is -0.244. The Morgan fingerprint density at radius 2 is 2.00 bits per heavy atom. The van der Waals surface area contributed by atoms with E-state index in [1.54, 1.807) is 17.8 Å². The fraction of sp³-hybridized carbons (Fsp3) is 0.143. The maximum atomic E-state index is 13.1. The molecule has 0 bridgehead atoms. The zero-order chi connectivity index (χ0) is 12.3. The van der Waals surface area contributed by atoms with Gasteiger partial charge in [0, 0.05) is 16.3 Å². The van der Waals surface area contributed by atoms with Crippen LogP contribution in [0.2, 0.25) is 0 Å². The Hall–Kier alpha value is -1.48. The van der Waals surface area contributed by atoms with Gasteiger partial charge in [-0.2, -0.15) is 0 Å². The predicted octanol–water partition coefficient (Wildman–Crippen LogP) is 4.01. The number of thioether (sulfide) groups is 1. The van der Waals surface area contributed by atoms with Crippen LogP contribution >= 0.6 is 11.8 Å². The molecule has 0 aromatic heterocycles. The molecule has 3 heteroatoms. The molecule has 0 saturated carbocycles. The molecule has 0 aliphatic rings. The van der Waals surface area contributed by atoms with Gasteiger partial charge in [0.25, 0.3) is 0 Å². The summed E-state index contributed by atoms with van der Waals surface area (Å²) in [5.41, 5.74) is 8.88. The van der Waals surface area contributed by atoms with E-state index in [0.717, 1.165) is 10.6 Å². The van der Waals surface area contributed by atoms with E-state index in [4.69, 9.17) is 5.73 Å². The Kier molecular flexibility index (Phi) is 3.69. The second-order valence-electron chi connectivity index (χ2n) is 3.96. The van der Waals surface area contributed by atoms with Crippen molar-refractivity contribution in [1.82, 2.24) is 0 Å². The first kappa shape index (κ1) is 12.0. The molecule has 17 heavy (non-hydrogen) atoms. The van der Waals surface area contributed by atoms with Gasteiger partial charge in [0.05, 0.1) is 0 Å². The molecule has 0 atom stereocenters. The number of rotatable bonds is 3. The van der Waals surface area contributed by atoms with Gasteiger partial charge < -0.3 is 5.73 Å². The molecule has 0 fully saturated rings. The molecule has 2 rings (SSSR count). The second-order valence-corrected chi connectivity index (χ2v) is 4.98. The number of nitrogens with two attached hydrogens (primary N) is 1. The Balaban J connectivity index is 2.09. The minimum Gasteiger partial charge on any atom is -0.398 e. The van der Waals surface area contributed by atoms with Crippen molar-refractivity contribution in [2.24, 2.45) is 0 Å². The molecule has 0 radical (unpaired) electrons. The van der Waals surface area contributed by atoms with Crippen LogP contribution in [-0.2, 0) is 5.75 Å². The third-order valence-corrected chi connectivity index (χ3v) is 3.59. The van der Waals surface area contributed by atoms with Crippen LogP contribution in [0.4, 0.5) is 10.1 Å². The topological polar surface area (TPSA) is 26.0 Å². The van der Waals surface area contributed by atoms with E-state index in [1.807, 2.05) is 6.07 Å². The Labute approximate surface area is 105 Å². The highest BCUT2D eigenvalue weighted by Gasteiger charge is 2.02. The van der Waals surface area contributed by atoms with Crippen molar-refractivity contribution in [3.8, 4) is 0 Å². The van der Waals surface area contributed by atoms with Crippen molar-refractivity contribution in [1.29, 1.82) is 0 Å². The van der Waals surface area contributed by atoms with E-state index in [1.165, 1.54) is 23.3 Å². The average molecular weight is 247 g/mol. The van der Waals surface area contributed by atoms with Gasteiger partial charge in [-0.15, -0.1) is 11.8 Å². The molecule has 0 heterocycles. The zero-order valence-electron chi connectivity index (χ0n) is 9.61.